The van der Waals surface area contributed by atoms with Crippen molar-refractivity contribution in [3.8, 4) is 0 Å². The summed E-state index contributed by atoms with van der Waals surface area (Å²) in [7, 11) is 0. The molecule has 1 aromatic heterocycles. The third-order valence-electron chi connectivity index (χ3n) is 5.62. The SMILES string of the molecule is C/C(=C\c1csc(C)n1)[C@@H]1C[C@@H]2OC2C/C=C\CCCC[C@H](C)CCC(=O)O1. The molecule has 154 valence electrons. The van der Waals surface area contributed by atoms with Gasteiger partial charge in [0.15, 0.2) is 0 Å². The summed E-state index contributed by atoms with van der Waals surface area (Å²) in [5.74, 6) is 0.469. The largest absolute Gasteiger partial charge is 0.458 e. The fourth-order valence-electron chi connectivity index (χ4n) is 3.73. The van der Waals surface area contributed by atoms with Gasteiger partial charge >= 0.3 is 5.97 Å². The minimum atomic E-state index is -0.239. The Balaban J connectivity index is 1.68. The molecule has 28 heavy (non-hydrogen) atoms. The highest BCUT2D eigenvalue weighted by Crippen LogP contribution is 2.33. The zero-order chi connectivity index (χ0) is 19.9. The van der Waals surface area contributed by atoms with Crippen LogP contribution in [-0.2, 0) is 14.3 Å². The molecule has 0 amide bonds. The van der Waals surface area contributed by atoms with Crippen molar-refractivity contribution in [3.05, 3.63) is 33.8 Å². The Hall–Kier alpha value is -1.46. The lowest BCUT2D eigenvalue weighted by Gasteiger charge is -2.19. The maximum Gasteiger partial charge on any atom is 0.306 e. The zero-order valence-corrected chi connectivity index (χ0v) is 18.2. The van der Waals surface area contributed by atoms with Gasteiger partial charge in [0.25, 0.3) is 0 Å². The Bertz CT molecular complexity index is 708. The second-order valence-electron chi connectivity index (χ2n) is 8.24. The van der Waals surface area contributed by atoms with Crippen molar-refractivity contribution in [1.82, 2.24) is 4.98 Å². The van der Waals surface area contributed by atoms with Gasteiger partial charge in [0.1, 0.15) is 6.10 Å². The number of aryl methyl sites for hydroxylation is 1. The number of fused-ring (bicyclic) bond motifs is 1. The maximum absolute atomic E-state index is 12.5. The molecule has 4 nitrogen and oxygen atoms in total. The molecule has 0 N–H and O–H groups in total. The van der Waals surface area contributed by atoms with E-state index < -0.39 is 0 Å². The van der Waals surface area contributed by atoms with Gasteiger partial charge in [-0.2, -0.15) is 0 Å². The molecule has 3 rings (SSSR count). The lowest BCUT2D eigenvalue weighted by atomic mass is 9.97. The first-order chi connectivity index (χ1) is 13.5. The summed E-state index contributed by atoms with van der Waals surface area (Å²) >= 11 is 1.63. The molecule has 0 aromatic carbocycles. The molecule has 1 fully saturated rings. The minimum Gasteiger partial charge on any atom is -0.458 e. The van der Waals surface area contributed by atoms with E-state index in [0.717, 1.165) is 42.0 Å². The van der Waals surface area contributed by atoms with Crippen LogP contribution in [0.1, 0.15) is 75.9 Å². The van der Waals surface area contributed by atoms with Crippen molar-refractivity contribution < 1.29 is 14.3 Å². The number of ether oxygens (including phenoxy) is 2. The highest BCUT2D eigenvalue weighted by Gasteiger charge is 2.40. The van der Waals surface area contributed by atoms with E-state index in [4.69, 9.17) is 9.47 Å². The van der Waals surface area contributed by atoms with Crippen molar-refractivity contribution in [3.63, 3.8) is 0 Å². The number of carbonyl (C=O) groups is 1. The van der Waals surface area contributed by atoms with Gasteiger partial charge in [0.05, 0.1) is 22.9 Å². The van der Waals surface area contributed by atoms with Gasteiger partial charge in [0, 0.05) is 18.2 Å². The van der Waals surface area contributed by atoms with Crippen LogP contribution in [-0.4, -0.2) is 29.3 Å². The van der Waals surface area contributed by atoms with E-state index in [1.165, 1.54) is 19.3 Å². The summed E-state index contributed by atoms with van der Waals surface area (Å²) in [5, 5.41) is 3.08. The van der Waals surface area contributed by atoms with Crippen LogP contribution in [0.4, 0.5) is 0 Å². The van der Waals surface area contributed by atoms with Gasteiger partial charge in [-0.3, -0.25) is 4.79 Å². The number of rotatable bonds is 2. The van der Waals surface area contributed by atoms with Crippen LogP contribution in [0.5, 0.6) is 0 Å². The number of esters is 1. The van der Waals surface area contributed by atoms with Gasteiger partial charge in [-0.25, -0.2) is 4.98 Å². The van der Waals surface area contributed by atoms with Gasteiger partial charge in [-0.1, -0.05) is 31.9 Å². The van der Waals surface area contributed by atoms with Crippen molar-refractivity contribution >= 4 is 23.4 Å². The number of allylic oxidation sites excluding steroid dienone is 1. The number of epoxide rings is 1. The van der Waals surface area contributed by atoms with Crippen molar-refractivity contribution in [2.75, 3.05) is 0 Å². The van der Waals surface area contributed by atoms with Crippen molar-refractivity contribution in [1.29, 1.82) is 0 Å². The topological polar surface area (TPSA) is 51.7 Å². The lowest BCUT2D eigenvalue weighted by molar-refractivity contribution is -0.148. The van der Waals surface area contributed by atoms with Crippen molar-refractivity contribution in [2.45, 2.75) is 90.4 Å². The molecule has 2 aliphatic rings. The average molecular weight is 404 g/mol. The molecule has 0 aliphatic carbocycles. The molecule has 0 saturated carbocycles. The molecule has 1 saturated heterocycles. The fraction of sp³-hybridized carbons (Fsp3) is 0.652. The summed E-state index contributed by atoms with van der Waals surface area (Å²) in [6.07, 6.45) is 14.6. The second-order valence-corrected chi connectivity index (χ2v) is 9.30. The normalized spacial score (nSPS) is 31.7. The molecular weight excluding hydrogens is 370 g/mol. The second kappa shape index (κ2) is 10.4. The molecule has 0 bridgehead atoms. The van der Waals surface area contributed by atoms with Gasteiger partial charge < -0.3 is 9.47 Å². The average Bonchev–Trinajstić information content (AvgIpc) is 3.27. The molecule has 4 atom stereocenters. The smallest absolute Gasteiger partial charge is 0.306 e. The Labute approximate surface area is 173 Å². The first-order valence-electron chi connectivity index (χ1n) is 10.6. The Morgan fingerprint density at radius 2 is 2.11 bits per heavy atom. The summed E-state index contributed by atoms with van der Waals surface area (Å²) in [6.45, 7) is 6.27. The highest BCUT2D eigenvalue weighted by molar-refractivity contribution is 7.09. The van der Waals surface area contributed by atoms with E-state index >= 15 is 0 Å². The van der Waals surface area contributed by atoms with Crippen LogP contribution in [0.15, 0.2) is 23.1 Å². The standard InChI is InChI=1S/C23H33NO3S/c1-16-9-7-5-4-6-8-10-20-22(26-20)14-21(27-23(25)12-11-16)17(2)13-19-15-28-18(3)24-19/h6,8,13,15-16,20-22H,4-5,7,9-12,14H2,1-3H3/b8-6-,17-13+/t16-,20?,21-,22-/m0/s1. The highest BCUT2D eigenvalue weighted by atomic mass is 32.1. The number of carbonyl (C=O) groups excluding carboxylic acids is 1. The molecule has 3 heterocycles. The van der Waals surface area contributed by atoms with E-state index in [-0.39, 0.29) is 24.3 Å². The molecule has 2 aliphatic heterocycles. The Kier molecular flexibility index (Phi) is 7.86. The number of hydrogen-bond acceptors (Lipinski definition) is 5. The van der Waals surface area contributed by atoms with Gasteiger partial charge in [0.2, 0.25) is 0 Å². The summed E-state index contributed by atoms with van der Waals surface area (Å²) in [6, 6.07) is 0. The number of thiazole rings is 1. The summed E-state index contributed by atoms with van der Waals surface area (Å²) in [5.41, 5.74) is 1.98. The molecule has 5 heteroatoms. The third-order valence-corrected chi connectivity index (χ3v) is 6.41. The Morgan fingerprint density at radius 1 is 1.25 bits per heavy atom. The summed E-state index contributed by atoms with van der Waals surface area (Å²) in [4.78, 5) is 17.0. The molecule has 1 unspecified atom stereocenters. The van der Waals surface area contributed by atoms with E-state index in [0.29, 0.717) is 12.3 Å². The first kappa shape index (κ1) is 21.3. The molecule has 0 radical (unpaired) electrons. The zero-order valence-electron chi connectivity index (χ0n) is 17.4. The third kappa shape index (κ3) is 6.85. The number of aromatic nitrogens is 1. The first-order valence-corrected chi connectivity index (χ1v) is 11.5. The number of hydrogen-bond donors (Lipinski definition) is 0. The predicted octanol–water partition coefficient (Wildman–Crippen LogP) is 5.86. The molecular formula is C23H33NO3S. The minimum absolute atomic E-state index is 0.0942. The van der Waals surface area contributed by atoms with E-state index in [1.807, 2.05) is 25.3 Å². The monoisotopic (exact) mass is 403 g/mol. The van der Waals surface area contributed by atoms with Crippen LogP contribution in [0.25, 0.3) is 6.08 Å². The summed E-state index contributed by atoms with van der Waals surface area (Å²) < 4.78 is 11.8. The maximum atomic E-state index is 12.5. The van der Waals surface area contributed by atoms with E-state index in [9.17, 15) is 4.79 Å². The molecule has 1 aromatic rings. The number of nitrogens with zero attached hydrogens (tertiary/aromatic N) is 1. The van der Waals surface area contributed by atoms with Crippen LogP contribution >= 0.6 is 11.3 Å². The van der Waals surface area contributed by atoms with Crippen LogP contribution in [0.3, 0.4) is 0 Å². The molecule has 0 spiro atoms. The number of cyclic esters (lactones) is 1. The van der Waals surface area contributed by atoms with Crippen LogP contribution in [0, 0.1) is 12.8 Å². The fourth-order valence-corrected chi connectivity index (χ4v) is 4.30. The predicted molar refractivity (Wildman–Crippen MR) is 114 cm³/mol. The van der Waals surface area contributed by atoms with Crippen LogP contribution in [0.2, 0.25) is 0 Å². The van der Waals surface area contributed by atoms with Crippen LogP contribution < -0.4 is 0 Å². The lowest BCUT2D eigenvalue weighted by Crippen LogP contribution is -2.22. The quantitative estimate of drug-likeness (QED) is 0.352. The van der Waals surface area contributed by atoms with E-state index in [2.05, 4.69) is 24.1 Å². The van der Waals surface area contributed by atoms with Gasteiger partial charge in [-0.05, 0) is 57.1 Å². The Morgan fingerprint density at radius 3 is 2.89 bits per heavy atom. The van der Waals surface area contributed by atoms with E-state index in [1.54, 1.807) is 11.3 Å². The van der Waals surface area contributed by atoms with Crippen molar-refractivity contribution in [2.24, 2.45) is 5.92 Å². The van der Waals surface area contributed by atoms with Gasteiger partial charge in [-0.15, -0.1) is 11.3 Å².